The molecular formula is C10H13F2NO3. The lowest BCUT2D eigenvalue weighted by molar-refractivity contribution is -0.142. The van der Waals surface area contributed by atoms with Crippen LogP contribution in [-0.4, -0.2) is 40.9 Å². The highest BCUT2D eigenvalue weighted by Crippen LogP contribution is 2.42. The number of carbonyl (C=O) groups excluding carboxylic acids is 1. The number of hydrogen-bond acceptors (Lipinski definition) is 2. The van der Waals surface area contributed by atoms with Crippen molar-refractivity contribution in [2.45, 2.75) is 31.7 Å². The van der Waals surface area contributed by atoms with E-state index in [0.717, 1.165) is 17.7 Å². The maximum Gasteiger partial charge on any atom is 0.307 e. The van der Waals surface area contributed by atoms with Gasteiger partial charge in [-0.2, -0.15) is 0 Å². The molecule has 1 N–H and O–H groups in total. The highest BCUT2D eigenvalue weighted by Gasteiger charge is 2.51. The van der Waals surface area contributed by atoms with Crippen LogP contribution < -0.4 is 0 Å². The molecule has 0 aromatic heterocycles. The van der Waals surface area contributed by atoms with E-state index >= 15 is 0 Å². The summed E-state index contributed by atoms with van der Waals surface area (Å²) in [5.41, 5.74) is 0. The van der Waals surface area contributed by atoms with Gasteiger partial charge in [-0.25, -0.2) is 8.78 Å². The van der Waals surface area contributed by atoms with Crippen LogP contribution in [0.4, 0.5) is 8.78 Å². The molecule has 6 heteroatoms. The van der Waals surface area contributed by atoms with Gasteiger partial charge in [0.25, 0.3) is 6.43 Å². The van der Waals surface area contributed by atoms with Gasteiger partial charge in [-0.3, -0.25) is 9.59 Å². The molecule has 0 spiro atoms. The summed E-state index contributed by atoms with van der Waals surface area (Å²) in [7, 11) is 0. The molecule has 2 aliphatic rings. The number of amides is 1. The summed E-state index contributed by atoms with van der Waals surface area (Å²) in [5.74, 6) is -2.65. The van der Waals surface area contributed by atoms with E-state index in [1.165, 1.54) is 0 Å². The Kier molecular flexibility index (Phi) is 2.82. The summed E-state index contributed by atoms with van der Waals surface area (Å²) >= 11 is 0. The van der Waals surface area contributed by atoms with Crippen molar-refractivity contribution in [2.24, 2.45) is 11.8 Å². The molecule has 0 aromatic carbocycles. The number of carboxylic acids is 1. The van der Waals surface area contributed by atoms with Gasteiger partial charge in [-0.05, 0) is 19.3 Å². The van der Waals surface area contributed by atoms with Gasteiger partial charge in [0.15, 0.2) is 0 Å². The first-order valence-corrected chi connectivity index (χ1v) is 5.32. The molecular weight excluding hydrogens is 220 g/mol. The van der Waals surface area contributed by atoms with Gasteiger partial charge >= 0.3 is 5.97 Å². The monoisotopic (exact) mass is 233 g/mol. The number of hydrogen-bond donors (Lipinski definition) is 1. The van der Waals surface area contributed by atoms with E-state index in [2.05, 4.69) is 0 Å². The lowest BCUT2D eigenvalue weighted by atomic mass is 10.2. The largest absolute Gasteiger partial charge is 0.481 e. The molecule has 0 saturated heterocycles. The molecule has 16 heavy (non-hydrogen) atoms. The number of rotatable bonds is 5. The van der Waals surface area contributed by atoms with Gasteiger partial charge in [0.2, 0.25) is 5.91 Å². The third-order valence-corrected chi connectivity index (χ3v) is 3.03. The molecule has 0 radical (unpaired) electrons. The lowest BCUT2D eigenvalue weighted by Crippen LogP contribution is -2.38. The van der Waals surface area contributed by atoms with Crippen LogP contribution in [0.2, 0.25) is 0 Å². The summed E-state index contributed by atoms with van der Waals surface area (Å²) in [6, 6.07) is -0.0865. The summed E-state index contributed by atoms with van der Waals surface area (Å²) in [6.45, 7) is -0.563. The molecule has 2 fully saturated rings. The molecule has 2 rings (SSSR count). The minimum atomic E-state index is -2.55. The predicted molar refractivity (Wildman–Crippen MR) is 50.0 cm³/mol. The number of nitrogens with zero attached hydrogens (tertiary/aromatic N) is 1. The molecule has 90 valence electrons. The fraction of sp³-hybridized carbons (Fsp3) is 0.800. The summed E-state index contributed by atoms with van der Waals surface area (Å²) in [4.78, 5) is 23.5. The number of halogens is 2. The Labute approximate surface area is 91.2 Å². The SMILES string of the molecule is O=C(O)C1CC1C(=O)N(CC(F)F)C1CC1. The Balaban J connectivity index is 1.93. The number of carbonyl (C=O) groups is 2. The van der Waals surface area contributed by atoms with E-state index in [9.17, 15) is 18.4 Å². The predicted octanol–water partition coefficient (Wildman–Crippen LogP) is 0.963. The van der Waals surface area contributed by atoms with Crippen LogP contribution >= 0.6 is 0 Å². The Bertz CT molecular complexity index is 317. The standard InChI is InChI=1S/C10H13F2NO3/c11-8(12)4-13(5-1-2-5)9(14)6-3-7(6)10(15)16/h5-8H,1-4H2,(H,15,16). The van der Waals surface area contributed by atoms with E-state index in [1.807, 2.05) is 0 Å². The highest BCUT2D eigenvalue weighted by atomic mass is 19.3. The number of carboxylic acid groups (broad SMARTS) is 1. The molecule has 0 aromatic rings. The van der Waals surface area contributed by atoms with Crippen LogP contribution in [0.1, 0.15) is 19.3 Å². The van der Waals surface area contributed by atoms with Gasteiger partial charge < -0.3 is 10.0 Å². The van der Waals surface area contributed by atoms with Crippen molar-refractivity contribution < 1.29 is 23.5 Å². The average Bonchev–Trinajstić information content (AvgIpc) is 3.00. The van der Waals surface area contributed by atoms with Crippen molar-refractivity contribution in [1.82, 2.24) is 4.90 Å². The normalized spacial score (nSPS) is 27.9. The second kappa shape index (κ2) is 3.99. The van der Waals surface area contributed by atoms with Crippen molar-refractivity contribution in [3.8, 4) is 0 Å². The third-order valence-electron chi connectivity index (χ3n) is 3.03. The Morgan fingerprint density at radius 2 is 1.94 bits per heavy atom. The van der Waals surface area contributed by atoms with Crippen LogP contribution in [-0.2, 0) is 9.59 Å². The van der Waals surface area contributed by atoms with Gasteiger partial charge in [0.05, 0.1) is 18.4 Å². The maximum atomic E-state index is 12.3. The number of aliphatic carboxylic acids is 1. The Hall–Kier alpha value is -1.20. The minimum absolute atomic E-state index is 0.0865. The molecule has 2 aliphatic carbocycles. The minimum Gasteiger partial charge on any atom is -0.481 e. The molecule has 0 heterocycles. The Morgan fingerprint density at radius 3 is 2.31 bits per heavy atom. The van der Waals surface area contributed by atoms with Crippen molar-refractivity contribution >= 4 is 11.9 Å². The lowest BCUT2D eigenvalue weighted by Gasteiger charge is -2.21. The molecule has 2 saturated carbocycles. The first-order valence-electron chi connectivity index (χ1n) is 5.32. The van der Waals surface area contributed by atoms with Gasteiger partial charge in [-0.1, -0.05) is 0 Å². The first-order chi connectivity index (χ1) is 7.50. The highest BCUT2D eigenvalue weighted by molar-refractivity contribution is 5.89. The average molecular weight is 233 g/mol. The third kappa shape index (κ3) is 2.31. The fourth-order valence-electron chi connectivity index (χ4n) is 1.91. The summed E-state index contributed by atoms with van der Waals surface area (Å²) < 4.78 is 24.5. The van der Waals surface area contributed by atoms with Crippen molar-refractivity contribution in [3.05, 3.63) is 0 Å². The van der Waals surface area contributed by atoms with Crippen molar-refractivity contribution in [3.63, 3.8) is 0 Å². The van der Waals surface area contributed by atoms with Gasteiger partial charge in [0, 0.05) is 6.04 Å². The second-order valence-electron chi connectivity index (χ2n) is 4.40. The second-order valence-corrected chi connectivity index (χ2v) is 4.40. The zero-order valence-electron chi connectivity index (χ0n) is 8.60. The summed E-state index contributed by atoms with van der Waals surface area (Å²) in [6.07, 6.45) is -0.751. The molecule has 0 bridgehead atoms. The van der Waals surface area contributed by atoms with Gasteiger partial charge in [-0.15, -0.1) is 0 Å². The van der Waals surface area contributed by atoms with Gasteiger partial charge in [0.1, 0.15) is 0 Å². The molecule has 2 unspecified atom stereocenters. The molecule has 2 atom stereocenters. The van der Waals surface area contributed by atoms with E-state index in [0.29, 0.717) is 6.42 Å². The zero-order chi connectivity index (χ0) is 11.9. The quantitative estimate of drug-likeness (QED) is 0.769. The zero-order valence-corrected chi connectivity index (χ0v) is 8.60. The fourth-order valence-corrected chi connectivity index (χ4v) is 1.91. The maximum absolute atomic E-state index is 12.3. The van der Waals surface area contributed by atoms with E-state index in [1.54, 1.807) is 0 Å². The number of alkyl halides is 2. The van der Waals surface area contributed by atoms with Crippen LogP contribution in [0.3, 0.4) is 0 Å². The van der Waals surface area contributed by atoms with E-state index in [4.69, 9.17) is 5.11 Å². The van der Waals surface area contributed by atoms with Crippen LogP contribution in [0.15, 0.2) is 0 Å². The Morgan fingerprint density at radius 1 is 1.31 bits per heavy atom. The van der Waals surface area contributed by atoms with E-state index in [-0.39, 0.29) is 6.04 Å². The smallest absolute Gasteiger partial charge is 0.307 e. The molecule has 4 nitrogen and oxygen atoms in total. The van der Waals surface area contributed by atoms with Crippen LogP contribution in [0.25, 0.3) is 0 Å². The first kappa shape index (κ1) is 11.3. The van der Waals surface area contributed by atoms with Crippen LogP contribution in [0, 0.1) is 11.8 Å². The van der Waals surface area contributed by atoms with E-state index < -0.39 is 36.7 Å². The van der Waals surface area contributed by atoms with Crippen molar-refractivity contribution in [1.29, 1.82) is 0 Å². The van der Waals surface area contributed by atoms with Crippen molar-refractivity contribution in [2.75, 3.05) is 6.54 Å². The van der Waals surface area contributed by atoms with Crippen LogP contribution in [0.5, 0.6) is 0 Å². The topological polar surface area (TPSA) is 57.6 Å². The molecule has 0 aliphatic heterocycles. The summed E-state index contributed by atoms with van der Waals surface area (Å²) in [5, 5.41) is 8.67. The molecule has 1 amide bonds.